The molecular formula is C15H14N4O2. The first-order chi connectivity index (χ1) is 10.3. The number of hydrogen-bond acceptors (Lipinski definition) is 6. The van der Waals surface area contributed by atoms with Gasteiger partial charge in [-0.05, 0) is 31.2 Å². The molecule has 21 heavy (non-hydrogen) atoms. The first kappa shape index (κ1) is 13.1. The van der Waals surface area contributed by atoms with Gasteiger partial charge in [0.2, 0.25) is 5.82 Å². The Bertz CT molecular complexity index is 737. The third-order valence-electron chi connectivity index (χ3n) is 2.86. The Morgan fingerprint density at radius 1 is 1.19 bits per heavy atom. The van der Waals surface area contributed by atoms with Crippen LogP contribution in [0.25, 0.3) is 22.8 Å². The van der Waals surface area contributed by atoms with E-state index in [1.807, 2.05) is 31.2 Å². The molecule has 2 heterocycles. The quantitative estimate of drug-likeness (QED) is 0.791. The van der Waals surface area contributed by atoms with Crippen molar-refractivity contribution in [3.63, 3.8) is 0 Å². The molecule has 106 valence electrons. The van der Waals surface area contributed by atoms with Gasteiger partial charge in [-0.3, -0.25) is 0 Å². The smallest absolute Gasteiger partial charge is 0.259 e. The van der Waals surface area contributed by atoms with Crippen LogP contribution in [0.4, 0.5) is 5.82 Å². The van der Waals surface area contributed by atoms with E-state index in [-0.39, 0.29) is 0 Å². The predicted molar refractivity (Wildman–Crippen MR) is 78.5 cm³/mol. The van der Waals surface area contributed by atoms with Gasteiger partial charge < -0.3 is 15.0 Å². The van der Waals surface area contributed by atoms with E-state index < -0.39 is 0 Å². The van der Waals surface area contributed by atoms with E-state index in [0.29, 0.717) is 24.1 Å². The Balaban J connectivity index is 1.91. The number of hydrogen-bond donors (Lipinski definition) is 1. The molecule has 6 nitrogen and oxygen atoms in total. The maximum absolute atomic E-state index is 5.55. The van der Waals surface area contributed by atoms with Gasteiger partial charge >= 0.3 is 0 Å². The van der Waals surface area contributed by atoms with E-state index in [1.54, 1.807) is 18.3 Å². The minimum atomic E-state index is 0.402. The highest BCUT2D eigenvalue weighted by Gasteiger charge is 2.11. The van der Waals surface area contributed by atoms with Gasteiger partial charge in [0.05, 0.1) is 12.2 Å². The highest BCUT2D eigenvalue weighted by Crippen LogP contribution is 2.24. The SMILES string of the molecule is CCOc1cccc(-c2noc(-c3ccc(N)nc3)n2)c1. The van der Waals surface area contributed by atoms with Crippen molar-refractivity contribution in [1.29, 1.82) is 0 Å². The number of ether oxygens (including phenoxy) is 1. The second-order valence-corrected chi connectivity index (χ2v) is 4.36. The Hall–Kier alpha value is -2.89. The number of aromatic nitrogens is 3. The average Bonchev–Trinajstić information content (AvgIpc) is 2.98. The summed E-state index contributed by atoms with van der Waals surface area (Å²) in [5.74, 6) is 2.13. The first-order valence-corrected chi connectivity index (χ1v) is 6.55. The monoisotopic (exact) mass is 282 g/mol. The summed E-state index contributed by atoms with van der Waals surface area (Å²) < 4.78 is 10.7. The van der Waals surface area contributed by atoms with Crippen LogP contribution in [0.3, 0.4) is 0 Å². The van der Waals surface area contributed by atoms with E-state index in [2.05, 4.69) is 15.1 Å². The molecule has 0 unspecified atom stereocenters. The van der Waals surface area contributed by atoms with Gasteiger partial charge in [0.25, 0.3) is 5.89 Å². The molecule has 0 atom stereocenters. The van der Waals surface area contributed by atoms with Gasteiger partial charge in [-0.1, -0.05) is 17.3 Å². The summed E-state index contributed by atoms with van der Waals surface area (Å²) in [6, 6.07) is 11.0. The number of nitrogens with zero attached hydrogens (tertiary/aromatic N) is 3. The predicted octanol–water partition coefficient (Wildman–Crippen LogP) is 2.78. The molecule has 0 aliphatic carbocycles. The van der Waals surface area contributed by atoms with Crippen molar-refractivity contribution in [2.45, 2.75) is 6.92 Å². The van der Waals surface area contributed by atoms with Gasteiger partial charge in [0.15, 0.2) is 0 Å². The van der Waals surface area contributed by atoms with E-state index in [4.69, 9.17) is 15.0 Å². The Morgan fingerprint density at radius 2 is 2.10 bits per heavy atom. The molecule has 0 spiro atoms. The molecule has 0 amide bonds. The fraction of sp³-hybridized carbons (Fsp3) is 0.133. The largest absolute Gasteiger partial charge is 0.494 e. The molecule has 0 fully saturated rings. The van der Waals surface area contributed by atoms with Gasteiger partial charge in [0.1, 0.15) is 11.6 Å². The summed E-state index contributed by atoms with van der Waals surface area (Å²) in [5, 5.41) is 3.99. The molecule has 2 aromatic heterocycles. The van der Waals surface area contributed by atoms with Crippen LogP contribution in [-0.4, -0.2) is 21.7 Å². The van der Waals surface area contributed by atoms with Crippen LogP contribution in [0.15, 0.2) is 47.1 Å². The van der Waals surface area contributed by atoms with Gasteiger partial charge in [-0.15, -0.1) is 0 Å². The van der Waals surface area contributed by atoms with Crippen molar-refractivity contribution in [2.24, 2.45) is 0 Å². The second-order valence-electron chi connectivity index (χ2n) is 4.36. The summed E-state index contributed by atoms with van der Waals surface area (Å²) >= 11 is 0. The highest BCUT2D eigenvalue weighted by atomic mass is 16.5. The van der Waals surface area contributed by atoms with Crippen molar-refractivity contribution >= 4 is 5.82 Å². The van der Waals surface area contributed by atoms with Crippen molar-refractivity contribution < 1.29 is 9.26 Å². The van der Waals surface area contributed by atoms with E-state index >= 15 is 0 Å². The fourth-order valence-corrected chi connectivity index (χ4v) is 1.88. The molecule has 3 aromatic rings. The molecule has 3 rings (SSSR count). The molecule has 0 aliphatic rings. The zero-order valence-corrected chi connectivity index (χ0v) is 11.5. The first-order valence-electron chi connectivity index (χ1n) is 6.55. The maximum Gasteiger partial charge on any atom is 0.259 e. The molecular weight excluding hydrogens is 268 g/mol. The minimum Gasteiger partial charge on any atom is -0.494 e. The maximum atomic E-state index is 5.55. The standard InChI is InChI=1S/C15H14N4O2/c1-2-20-12-5-3-4-10(8-12)14-18-15(21-19-14)11-6-7-13(16)17-9-11/h3-9H,2H2,1H3,(H2,16,17). The highest BCUT2D eigenvalue weighted by molar-refractivity contribution is 5.61. The molecule has 0 bridgehead atoms. The van der Waals surface area contributed by atoms with Crippen LogP contribution < -0.4 is 10.5 Å². The van der Waals surface area contributed by atoms with Crippen LogP contribution >= 0.6 is 0 Å². The molecule has 6 heteroatoms. The van der Waals surface area contributed by atoms with Crippen LogP contribution in [0.1, 0.15) is 6.92 Å². The van der Waals surface area contributed by atoms with Gasteiger partial charge in [0, 0.05) is 11.8 Å². The van der Waals surface area contributed by atoms with E-state index in [1.165, 1.54) is 0 Å². The lowest BCUT2D eigenvalue weighted by Gasteiger charge is -2.02. The van der Waals surface area contributed by atoms with Crippen molar-refractivity contribution in [1.82, 2.24) is 15.1 Å². The Labute approximate surface area is 121 Å². The summed E-state index contributed by atoms with van der Waals surface area (Å²) in [7, 11) is 0. The van der Waals surface area contributed by atoms with Crippen LogP contribution in [0.5, 0.6) is 5.75 Å². The van der Waals surface area contributed by atoms with E-state index in [0.717, 1.165) is 16.9 Å². The zero-order chi connectivity index (χ0) is 14.7. The molecule has 0 radical (unpaired) electrons. The van der Waals surface area contributed by atoms with Crippen LogP contribution in [0.2, 0.25) is 0 Å². The molecule has 0 saturated carbocycles. The fourth-order valence-electron chi connectivity index (χ4n) is 1.88. The van der Waals surface area contributed by atoms with Crippen LogP contribution in [0, 0.1) is 0 Å². The zero-order valence-electron chi connectivity index (χ0n) is 11.5. The molecule has 0 aliphatic heterocycles. The van der Waals surface area contributed by atoms with Crippen molar-refractivity contribution in [3.05, 3.63) is 42.6 Å². The number of benzene rings is 1. The Kier molecular flexibility index (Phi) is 3.51. The molecule has 1 aromatic carbocycles. The Morgan fingerprint density at radius 3 is 2.86 bits per heavy atom. The van der Waals surface area contributed by atoms with Crippen molar-refractivity contribution in [3.8, 4) is 28.6 Å². The lowest BCUT2D eigenvalue weighted by molar-refractivity contribution is 0.340. The molecule has 2 N–H and O–H groups in total. The second kappa shape index (κ2) is 5.62. The lowest BCUT2D eigenvalue weighted by Crippen LogP contribution is -1.91. The molecule has 0 saturated heterocycles. The summed E-state index contributed by atoms with van der Waals surface area (Å²) in [6.45, 7) is 2.55. The number of pyridine rings is 1. The van der Waals surface area contributed by atoms with Crippen molar-refractivity contribution in [2.75, 3.05) is 12.3 Å². The summed E-state index contributed by atoms with van der Waals surface area (Å²) in [4.78, 5) is 8.37. The third kappa shape index (κ3) is 2.84. The normalized spacial score (nSPS) is 10.5. The number of anilines is 1. The number of nitrogens with two attached hydrogens (primary N) is 1. The summed E-state index contributed by atoms with van der Waals surface area (Å²) in [6.07, 6.45) is 1.60. The van der Waals surface area contributed by atoms with E-state index in [9.17, 15) is 0 Å². The average molecular weight is 282 g/mol. The van der Waals surface area contributed by atoms with Gasteiger partial charge in [-0.25, -0.2) is 4.98 Å². The summed E-state index contributed by atoms with van der Waals surface area (Å²) in [5.41, 5.74) is 7.11. The number of nitrogen functional groups attached to an aromatic ring is 1. The third-order valence-corrected chi connectivity index (χ3v) is 2.86. The lowest BCUT2D eigenvalue weighted by atomic mass is 10.2. The van der Waals surface area contributed by atoms with Gasteiger partial charge in [-0.2, -0.15) is 4.98 Å². The number of rotatable bonds is 4. The minimum absolute atomic E-state index is 0.402. The topological polar surface area (TPSA) is 87.1 Å². The van der Waals surface area contributed by atoms with Crippen LogP contribution in [-0.2, 0) is 0 Å².